The van der Waals surface area contributed by atoms with E-state index in [1.807, 2.05) is 25.1 Å². The highest BCUT2D eigenvalue weighted by Crippen LogP contribution is 2.11. The molecular formula is C13H19N3O2S. The molecule has 0 amide bonds. The molecular weight excluding hydrogens is 262 g/mol. The zero-order valence-electron chi connectivity index (χ0n) is 11.0. The molecule has 0 saturated carbocycles. The Kier molecular flexibility index (Phi) is 4.55. The summed E-state index contributed by atoms with van der Waals surface area (Å²) in [6, 6.07) is 5.92. The summed E-state index contributed by atoms with van der Waals surface area (Å²) in [7, 11) is -3.12. The summed E-state index contributed by atoms with van der Waals surface area (Å²) in [6.07, 6.45) is 3.93. The Hall–Kier alpha value is -1.40. The van der Waals surface area contributed by atoms with Gasteiger partial charge in [-0.15, -0.1) is 0 Å². The number of benzene rings is 1. The van der Waals surface area contributed by atoms with Crippen LogP contribution in [-0.2, 0) is 16.4 Å². The van der Waals surface area contributed by atoms with Crippen molar-refractivity contribution in [3.05, 3.63) is 30.1 Å². The van der Waals surface area contributed by atoms with Crippen LogP contribution in [0, 0.1) is 0 Å². The summed E-state index contributed by atoms with van der Waals surface area (Å²) in [6.45, 7) is 2.42. The molecule has 0 atom stereocenters. The highest BCUT2D eigenvalue weighted by atomic mass is 32.2. The Morgan fingerprint density at radius 2 is 2.21 bits per heavy atom. The van der Waals surface area contributed by atoms with Gasteiger partial charge in [0.25, 0.3) is 0 Å². The number of aromatic amines is 1. The molecule has 0 unspecified atom stereocenters. The monoisotopic (exact) mass is 281 g/mol. The number of rotatable bonds is 7. The number of H-pyrrole nitrogens is 1. The standard InChI is InChI=1S/C13H19N3O2S/c1-2-3-8-19(17,18)16-7-6-11-4-5-12-13(9-11)15-10-14-12/h4-5,9-10,16H,2-3,6-8H2,1H3,(H,14,15). The minimum atomic E-state index is -3.12. The number of aromatic nitrogens is 2. The van der Waals surface area contributed by atoms with Crippen LogP contribution in [-0.4, -0.2) is 30.7 Å². The Morgan fingerprint density at radius 3 is 3.00 bits per heavy atom. The Labute approximate surface area is 113 Å². The second kappa shape index (κ2) is 6.16. The smallest absolute Gasteiger partial charge is 0.211 e. The summed E-state index contributed by atoms with van der Waals surface area (Å²) in [5.41, 5.74) is 2.99. The van der Waals surface area contributed by atoms with E-state index in [1.54, 1.807) is 6.33 Å². The average molecular weight is 281 g/mol. The van der Waals surface area contributed by atoms with Crippen LogP contribution in [0.1, 0.15) is 25.3 Å². The molecule has 2 N–H and O–H groups in total. The lowest BCUT2D eigenvalue weighted by atomic mass is 10.1. The molecule has 0 aliphatic heterocycles. The fourth-order valence-corrected chi connectivity index (χ4v) is 3.12. The SMILES string of the molecule is CCCCS(=O)(=O)NCCc1ccc2nc[nH]c2c1. The number of fused-ring (bicyclic) bond motifs is 1. The van der Waals surface area contributed by atoms with Crippen LogP contribution in [0.2, 0.25) is 0 Å². The molecule has 1 heterocycles. The molecule has 0 spiro atoms. The van der Waals surface area contributed by atoms with Crippen molar-refractivity contribution in [2.75, 3.05) is 12.3 Å². The second-order valence-electron chi connectivity index (χ2n) is 4.57. The largest absolute Gasteiger partial charge is 0.345 e. The molecule has 1 aromatic carbocycles. The van der Waals surface area contributed by atoms with Crippen molar-refractivity contribution in [2.24, 2.45) is 0 Å². The van der Waals surface area contributed by atoms with E-state index in [-0.39, 0.29) is 5.75 Å². The van der Waals surface area contributed by atoms with Crippen molar-refractivity contribution in [3.8, 4) is 0 Å². The lowest BCUT2D eigenvalue weighted by Gasteiger charge is -2.06. The van der Waals surface area contributed by atoms with Crippen molar-refractivity contribution in [1.82, 2.24) is 14.7 Å². The van der Waals surface area contributed by atoms with Crippen molar-refractivity contribution in [2.45, 2.75) is 26.2 Å². The molecule has 0 saturated heterocycles. The number of sulfonamides is 1. The highest BCUT2D eigenvalue weighted by Gasteiger charge is 2.08. The van der Waals surface area contributed by atoms with E-state index >= 15 is 0 Å². The molecule has 2 rings (SSSR count). The first-order valence-electron chi connectivity index (χ1n) is 6.50. The maximum absolute atomic E-state index is 11.6. The van der Waals surface area contributed by atoms with Crippen LogP contribution >= 0.6 is 0 Å². The number of hydrogen-bond donors (Lipinski definition) is 2. The van der Waals surface area contributed by atoms with E-state index in [0.29, 0.717) is 19.4 Å². The first kappa shape index (κ1) is 14.0. The van der Waals surface area contributed by atoms with Gasteiger partial charge in [-0.25, -0.2) is 18.1 Å². The van der Waals surface area contributed by atoms with Gasteiger partial charge in [0.05, 0.1) is 23.1 Å². The van der Waals surface area contributed by atoms with Gasteiger partial charge in [0.2, 0.25) is 10.0 Å². The third-order valence-electron chi connectivity index (χ3n) is 2.99. The number of nitrogens with zero attached hydrogens (tertiary/aromatic N) is 1. The minimum absolute atomic E-state index is 0.211. The Balaban J connectivity index is 1.88. The summed E-state index contributed by atoms with van der Waals surface area (Å²) in [5, 5.41) is 0. The van der Waals surface area contributed by atoms with Crippen molar-refractivity contribution >= 4 is 21.1 Å². The Morgan fingerprint density at radius 1 is 1.37 bits per heavy atom. The number of nitrogens with one attached hydrogen (secondary N) is 2. The van der Waals surface area contributed by atoms with Gasteiger partial charge in [-0.05, 0) is 30.5 Å². The van der Waals surface area contributed by atoms with E-state index in [0.717, 1.165) is 23.0 Å². The van der Waals surface area contributed by atoms with Crippen LogP contribution in [0.25, 0.3) is 11.0 Å². The van der Waals surface area contributed by atoms with Crippen molar-refractivity contribution in [3.63, 3.8) is 0 Å². The predicted octanol–water partition coefficient (Wildman–Crippen LogP) is 1.82. The third kappa shape index (κ3) is 4.04. The Bertz CT molecular complexity index is 634. The fraction of sp³-hybridized carbons (Fsp3) is 0.462. The molecule has 2 aromatic rings. The number of unbranched alkanes of at least 4 members (excludes halogenated alkanes) is 1. The van der Waals surface area contributed by atoms with Gasteiger partial charge in [0, 0.05) is 6.54 Å². The molecule has 0 aliphatic rings. The summed E-state index contributed by atoms with van der Waals surface area (Å²) in [4.78, 5) is 7.19. The zero-order valence-corrected chi connectivity index (χ0v) is 11.8. The maximum Gasteiger partial charge on any atom is 0.211 e. The summed E-state index contributed by atoms with van der Waals surface area (Å²) < 4.78 is 25.9. The van der Waals surface area contributed by atoms with Crippen molar-refractivity contribution in [1.29, 1.82) is 0 Å². The van der Waals surface area contributed by atoms with Gasteiger partial charge in [-0.3, -0.25) is 0 Å². The molecule has 5 nitrogen and oxygen atoms in total. The molecule has 1 aromatic heterocycles. The van der Waals surface area contributed by atoms with Gasteiger partial charge in [-0.1, -0.05) is 19.4 Å². The van der Waals surface area contributed by atoms with E-state index in [9.17, 15) is 8.42 Å². The van der Waals surface area contributed by atoms with Crippen LogP contribution in [0.4, 0.5) is 0 Å². The van der Waals surface area contributed by atoms with Crippen LogP contribution in [0.15, 0.2) is 24.5 Å². The number of hydrogen-bond acceptors (Lipinski definition) is 3. The number of imidazole rings is 1. The van der Waals surface area contributed by atoms with Gasteiger partial charge in [-0.2, -0.15) is 0 Å². The summed E-state index contributed by atoms with van der Waals surface area (Å²) >= 11 is 0. The topological polar surface area (TPSA) is 74.8 Å². The van der Waals surface area contributed by atoms with E-state index < -0.39 is 10.0 Å². The van der Waals surface area contributed by atoms with E-state index in [2.05, 4.69) is 14.7 Å². The third-order valence-corrected chi connectivity index (χ3v) is 4.46. The zero-order chi connectivity index (χ0) is 13.7. The van der Waals surface area contributed by atoms with Crippen LogP contribution < -0.4 is 4.72 Å². The fourth-order valence-electron chi connectivity index (χ4n) is 1.90. The molecule has 6 heteroatoms. The maximum atomic E-state index is 11.6. The van der Waals surface area contributed by atoms with Gasteiger partial charge < -0.3 is 4.98 Å². The van der Waals surface area contributed by atoms with Gasteiger partial charge in [0.1, 0.15) is 0 Å². The second-order valence-corrected chi connectivity index (χ2v) is 6.50. The predicted molar refractivity (Wildman–Crippen MR) is 76.5 cm³/mol. The molecule has 0 aliphatic carbocycles. The average Bonchev–Trinajstić information content (AvgIpc) is 2.83. The first-order valence-corrected chi connectivity index (χ1v) is 8.15. The van der Waals surface area contributed by atoms with Crippen LogP contribution in [0.5, 0.6) is 0 Å². The molecule has 0 fully saturated rings. The lowest BCUT2D eigenvalue weighted by Crippen LogP contribution is -2.28. The lowest BCUT2D eigenvalue weighted by molar-refractivity contribution is 0.578. The molecule has 0 radical (unpaired) electrons. The molecule has 0 bridgehead atoms. The molecule has 104 valence electrons. The quantitative estimate of drug-likeness (QED) is 0.813. The highest BCUT2D eigenvalue weighted by molar-refractivity contribution is 7.89. The van der Waals surface area contributed by atoms with Gasteiger partial charge in [0.15, 0.2) is 0 Å². The summed E-state index contributed by atoms with van der Waals surface area (Å²) in [5.74, 6) is 0.211. The van der Waals surface area contributed by atoms with Crippen LogP contribution in [0.3, 0.4) is 0 Å². The van der Waals surface area contributed by atoms with E-state index in [1.165, 1.54) is 0 Å². The molecule has 19 heavy (non-hydrogen) atoms. The first-order chi connectivity index (χ1) is 9.11. The van der Waals surface area contributed by atoms with Crippen molar-refractivity contribution < 1.29 is 8.42 Å². The minimum Gasteiger partial charge on any atom is -0.345 e. The van der Waals surface area contributed by atoms with E-state index in [4.69, 9.17) is 0 Å². The van der Waals surface area contributed by atoms with Gasteiger partial charge >= 0.3 is 0 Å². The normalized spacial score (nSPS) is 12.1.